The van der Waals surface area contributed by atoms with E-state index in [1.165, 1.54) is 43.5 Å². The van der Waals surface area contributed by atoms with Crippen molar-refractivity contribution >= 4 is 5.57 Å². The van der Waals surface area contributed by atoms with Gasteiger partial charge in [-0.05, 0) is 62.9 Å². The molecule has 1 N–H and O–H groups in total. The summed E-state index contributed by atoms with van der Waals surface area (Å²) in [6, 6.07) is 9.04. The molecule has 0 saturated carbocycles. The number of benzene rings is 1. The van der Waals surface area contributed by atoms with Gasteiger partial charge in [-0.2, -0.15) is 0 Å². The molecule has 1 aliphatic carbocycles. The summed E-state index contributed by atoms with van der Waals surface area (Å²) in [6.07, 6.45) is 3.83. The third kappa shape index (κ3) is 1.64. The molecule has 0 bridgehead atoms. The van der Waals surface area contributed by atoms with Crippen molar-refractivity contribution in [1.82, 2.24) is 5.32 Å². The Morgan fingerprint density at radius 1 is 1.06 bits per heavy atom. The summed E-state index contributed by atoms with van der Waals surface area (Å²) < 4.78 is 0. The first-order chi connectivity index (χ1) is 8.23. The molecule has 1 heteroatoms. The second kappa shape index (κ2) is 3.99. The zero-order valence-electron chi connectivity index (χ0n) is 10.8. The molecule has 17 heavy (non-hydrogen) atoms. The molecule has 90 valence electrons. The van der Waals surface area contributed by atoms with Gasteiger partial charge in [0.25, 0.3) is 0 Å². The van der Waals surface area contributed by atoms with Crippen molar-refractivity contribution in [2.24, 2.45) is 0 Å². The summed E-state index contributed by atoms with van der Waals surface area (Å²) in [7, 11) is 0. The van der Waals surface area contributed by atoms with Gasteiger partial charge in [-0.1, -0.05) is 29.8 Å². The minimum atomic E-state index is 0.422. The molecule has 1 aromatic rings. The van der Waals surface area contributed by atoms with Gasteiger partial charge in [0.1, 0.15) is 0 Å². The minimum absolute atomic E-state index is 0.422. The molecule has 1 saturated heterocycles. The highest BCUT2D eigenvalue weighted by molar-refractivity contribution is 5.73. The lowest BCUT2D eigenvalue weighted by atomic mass is 9.64. The Balaban J connectivity index is 2.15. The number of allylic oxidation sites excluding steroid dienone is 2. The lowest BCUT2D eigenvalue weighted by molar-refractivity contribution is 0.301. The molecule has 0 radical (unpaired) electrons. The van der Waals surface area contributed by atoms with Crippen LogP contribution in [-0.2, 0) is 5.41 Å². The maximum Gasteiger partial charge on any atom is 0.00203 e. The third-order valence-electron chi connectivity index (χ3n) is 4.71. The van der Waals surface area contributed by atoms with Crippen LogP contribution in [-0.4, -0.2) is 13.1 Å². The Labute approximate surface area is 104 Å². The Kier molecular flexibility index (Phi) is 2.59. The van der Waals surface area contributed by atoms with E-state index in [0.717, 1.165) is 0 Å². The molecular formula is C16H21N. The predicted molar refractivity (Wildman–Crippen MR) is 73.1 cm³/mol. The number of fused-ring (bicyclic) bond motifs is 2. The van der Waals surface area contributed by atoms with Crippen molar-refractivity contribution < 1.29 is 0 Å². The first-order valence-corrected chi connectivity index (χ1v) is 6.70. The highest BCUT2D eigenvalue weighted by Crippen LogP contribution is 2.47. The molecule has 0 atom stereocenters. The van der Waals surface area contributed by atoms with Gasteiger partial charge in [0, 0.05) is 5.41 Å². The van der Waals surface area contributed by atoms with Crippen LogP contribution in [0.5, 0.6) is 0 Å². The van der Waals surface area contributed by atoms with Crippen LogP contribution in [0.2, 0.25) is 0 Å². The highest BCUT2D eigenvalue weighted by Gasteiger charge is 2.38. The van der Waals surface area contributed by atoms with Crippen molar-refractivity contribution in [3.8, 4) is 0 Å². The first-order valence-electron chi connectivity index (χ1n) is 6.70. The van der Waals surface area contributed by atoms with Crippen LogP contribution < -0.4 is 5.32 Å². The lowest BCUT2D eigenvalue weighted by Crippen LogP contribution is -2.41. The number of nitrogens with one attached hydrogen (secondary N) is 1. The van der Waals surface area contributed by atoms with Crippen LogP contribution in [0.3, 0.4) is 0 Å². The molecule has 0 amide bonds. The molecule has 1 fully saturated rings. The Morgan fingerprint density at radius 2 is 1.76 bits per heavy atom. The Bertz CT molecular complexity index is 464. The summed E-state index contributed by atoms with van der Waals surface area (Å²) in [4.78, 5) is 0. The van der Waals surface area contributed by atoms with E-state index in [2.05, 4.69) is 43.4 Å². The normalized spacial score (nSPS) is 22.7. The van der Waals surface area contributed by atoms with E-state index in [4.69, 9.17) is 0 Å². The number of hydrogen-bond donors (Lipinski definition) is 1. The molecule has 1 aromatic carbocycles. The largest absolute Gasteiger partial charge is 0.317 e. The van der Waals surface area contributed by atoms with Gasteiger partial charge < -0.3 is 5.32 Å². The monoisotopic (exact) mass is 227 g/mol. The average Bonchev–Trinajstić information content (AvgIpc) is 2.38. The van der Waals surface area contributed by atoms with E-state index in [0.29, 0.717) is 5.41 Å². The lowest BCUT2D eigenvalue weighted by Gasteiger charge is -2.43. The van der Waals surface area contributed by atoms with Gasteiger partial charge in [0.2, 0.25) is 0 Å². The van der Waals surface area contributed by atoms with Gasteiger partial charge in [-0.25, -0.2) is 0 Å². The standard InChI is InChI=1S/C16H21N/c1-12-11-16(7-9-17-10-8-16)15-6-4-3-5-14(15)13(12)2/h3-6,17H,7-11H2,1-2H3. The summed E-state index contributed by atoms with van der Waals surface area (Å²) >= 11 is 0. The van der Waals surface area contributed by atoms with Crippen molar-refractivity contribution in [1.29, 1.82) is 0 Å². The fourth-order valence-electron chi connectivity index (χ4n) is 3.59. The zero-order valence-corrected chi connectivity index (χ0v) is 10.8. The quantitative estimate of drug-likeness (QED) is 0.715. The van der Waals surface area contributed by atoms with E-state index in [-0.39, 0.29) is 0 Å². The summed E-state index contributed by atoms with van der Waals surface area (Å²) in [5.41, 5.74) is 6.61. The fraction of sp³-hybridized carbons (Fsp3) is 0.500. The zero-order chi connectivity index (χ0) is 11.9. The summed E-state index contributed by atoms with van der Waals surface area (Å²) in [5, 5.41) is 3.50. The highest BCUT2D eigenvalue weighted by atomic mass is 14.9. The maximum atomic E-state index is 3.50. The van der Waals surface area contributed by atoms with E-state index in [1.54, 1.807) is 11.1 Å². The van der Waals surface area contributed by atoms with E-state index in [1.807, 2.05) is 0 Å². The molecule has 0 unspecified atom stereocenters. The molecule has 3 rings (SSSR count). The Morgan fingerprint density at radius 3 is 2.53 bits per heavy atom. The van der Waals surface area contributed by atoms with Crippen LogP contribution in [0.4, 0.5) is 0 Å². The first kappa shape index (κ1) is 11.0. The van der Waals surface area contributed by atoms with E-state index >= 15 is 0 Å². The molecule has 1 spiro atoms. The van der Waals surface area contributed by atoms with Crippen LogP contribution in [0.25, 0.3) is 5.57 Å². The van der Waals surface area contributed by atoms with Gasteiger partial charge in [-0.15, -0.1) is 0 Å². The summed E-state index contributed by atoms with van der Waals surface area (Å²) in [6.45, 7) is 6.93. The van der Waals surface area contributed by atoms with Crippen LogP contribution in [0.1, 0.15) is 44.2 Å². The van der Waals surface area contributed by atoms with Gasteiger partial charge >= 0.3 is 0 Å². The van der Waals surface area contributed by atoms with Crippen molar-refractivity contribution in [3.63, 3.8) is 0 Å². The van der Waals surface area contributed by atoms with E-state index in [9.17, 15) is 0 Å². The summed E-state index contributed by atoms with van der Waals surface area (Å²) in [5.74, 6) is 0. The van der Waals surface area contributed by atoms with Gasteiger partial charge in [-0.3, -0.25) is 0 Å². The topological polar surface area (TPSA) is 12.0 Å². The van der Waals surface area contributed by atoms with E-state index < -0.39 is 0 Å². The van der Waals surface area contributed by atoms with Crippen LogP contribution >= 0.6 is 0 Å². The average molecular weight is 227 g/mol. The molecular weight excluding hydrogens is 206 g/mol. The Hall–Kier alpha value is -1.08. The third-order valence-corrected chi connectivity index (χ3v) is 4.71. The second-order valence-corrected chi connectivity index (χ2v) is 5.66. The molecule has 1 heterocycles. The maximum absolute atomic E-state index is 3.50. The predicted octanol–water partition coefficient (Wildman–Crippen LogP) is 3.50. The van der Waals surface area contributed by atoms with Crippen molar-refractivity contribution in [3.05, 3.63) is 41.0 Å². The fourth-order valence-corrected chi connectivity index (χ4v) is 3.59. The molecule has 0 aromatic heterocycles. The molecule has 1 aliphatic heterocycles. The molecule has 1 nitrogen and oxygen atoms in total. The second-order valence-electron chi connectivity index (χ2n) is 5.66. The smallest absolute Gasteiger partial charge is 0.00203 e. The SMILES string of the molecule is CC1=C(C)c2ccccc2C2(CCNCC2)C1. The van der Waals surface area contributed by atoms with Crippen molar-refractivity contribution in [2.45, 2.75) is 38.5 Å². The van der Waals surface area contributed by atoms with Crippen molar-refractivity contribution in [2.75, 3.05) is 13.1 Å². The van der Waals surface area contributed by atoms with Crippen LogP contribution in [0.15, 0.2) is 29.8 Å². The number of rotatable bonds is 0. The number of piperidine rings is 1. The van der Waals surface area contributed by atoms with Crippen LogP contribution in [0, 0.1) is 0 Å². The molecule has 2 aliphatic rings. The number of hydrogen-bond acceptors (Lipinski definition) is 1. The minimum Gasteiger partial charge on any atom is -0.317 e. The van der Waals surface area contributed by atoms with Gasteiger partial charge in [0.05, 0.1) is 0 Å². The van der Waals surface area contributed by atoms with Gasteiger partial charge in [0.15, 0.2) is 0 Å².